The van der Waals surface area contributed by atoms with Gasteiger partial charge in [0.05, 0.1) is 13.2 Å². The molecule has 0 aliphatic carbocycles. The number of carbonyl (C=O) groups is 1. The molecular formula is C20H18FNO5. The van der Waals surface area contributed by atoms with E-state index < -0.39 is 11.5 Å². The van der Waals surface area contributed by atoms with Crippen molar-refractivity contribution in [2.24, 2.45) is 0 Å². The molecule has 0 saturated carbocycles. The number of rotatable bonds is 7. The first-order valence-corrected chi connectivity index (χ1v) is 8.44. The maximum atomic E-state index is 12.8. The minimum Gasteiger partial charge on any atom is -0.492 e. The fourth-order valence-corrected chi connectivity index (χ4v) is 2.50. The highest BCUT2D eigenvalue weighted by Gasteiger charge is 2.15. The van der Waals surface area contributed by atoms with Gasteiger partial charge in [-0.1, -0.05) is 12.1 Å². The second-order valence-corrected chi connectivity index (χ2v) is 5.61. The fraction of sp³-hybridized carbons (Fsp3) is 0.200. The van der Waals surface area contributed by atoms with Gasteiger partial charge < -0.3 is 19.2 Å². The van der Waals surface area contributed by atoms with Gasteiger partial charge in [-0.05, 0) is 43.3 Å². The van der Waals surface area contributed by atoms with Crippen LogP contribution in [0, 0.1) is 5.82 Å². The van der Waals surface area contributed by atoms with Gasteiger partial charge in [-0.2, -0.15) is 0 Å². The zero-order valence-electron chi connectivity index (χ0n) is 14.7. The molecular weight excluding hydrogens is 353 g/mol. The Kier molecular flexibility index (Phi) is 5.71. The van der Waals surface area contributed by atoms with Crippen LogP contribution in [-0.4, -0.2) is 25.7 Å². The standard InChI is InChI=1S/C20H18FNO5/c1-2-25-17-5-3-4-13-12-16(20(24)27-18(13)17)19(23)22-10-11-26-15-8-6-14(21)7-9-15/h3-9,12H,2,10-11H2,1H3,(H,22,23). The summed E-state index contributed by atoms with van der Waals surface area (Å²) in [5, 5.41) is 3.19. The van der Waals surface area contributed by atoms with Gasteiger partial charge in [-0.15, -0.1) is 0 Å². The molecule has 3 aromatic rings. The lowest BCUT2D eigenvalue weighted by Crippen LogP contribution is -2.31. The van der Waals surface area contributed by atoms with Crippen LogP contribution in [0.3, 0.4) is 0 Å². The number of hydrogen-bond donors (Lipinski definition) is 1. The Balaban J connectivity index is 1.65. The maximum absolute atomic E-state index is 12.8. The minimum atomic E-state index is -0.744. The Labute approximate surface area is 154 Å². The Bertz CT molecular complexity index is 997. The van der Waals surface area contributed by atoms with E-state index >= 15 is 0 Å². The summed E-state index contributed by atoms with van der Waals surface area (Å²) in [6, 6.07) is 12.2. The van der Waals surface area contributed by atoms with Crippen LogP contribution < -0.4 is 20.4 Å². The summed E-state index contributed by atoms with van der Waals surface area (Å²) >= 11 is 0. The molecule has 1 heterocycles. The summed E-state index contributed by atoms with van der Waals surface area (Å²) in [5.41, 5.74) is -0.537. The molecule has 6 nitrogen and oxygen atoms in total. The van der Waals surface area contributed by atoms with Crippen LogP contribution in [0.4, 0.5) is 4.39 Å². The van der Waals surface area contributed by atoms with Crippen LogP contribution in [0.1, 0.15) is 17.3 Å². The van der Waals surface area contributed by atoms with Gasteiger partial charge in [0.1, 0.15) is 23.7 Å². The highest BCUT2D eigenvalue weighted by Crippen LogP contribution is 2.24. The predicted molar refractivity (Wildman–Crippen MR) is 97.9 cm³/mol. The van der Waals surface area contributed by atoms with Crippen molar-refractivity contribution in [3.8, 4) is 11.5 Å². The summed E-state index contributed by atoms with van der Waals surface area (Å²) < 4.78 is 28.9. The SMILES string of the molecule is CCOc1cccc2cc(C(=O)NCCOc3ccc(F)cc3)c(=O)oc12. The molecule has 0 saturated heterocycles. The molecule has 0 aliphatic heterocycles. The molecule has 2 aromatic carbocycles. The number of amides is 1. The lowest BCUT2D eigenvalue weighted by atomic mass is 10.1. The van der Waals surface area contributed by atoms with Crippen LogP contribution in [0.15, 0.2) is 57.7 Å². The van der Waals surface area contributed by atoms with Crippen molar-refractivity contribution < 1.29 is 23.1 Å². The Morgan fingerprint density at radius 3 is 2.67 bits per heavy atom. The van der Waals surface area contributed by atoms with E-state index in [9.17, 15) is 14.0 Å². The molecule has 0 aliphatic rings. The molecule has 7 heteroatoms. The van der Waals surface area contributed by atoms with Crippen molar-refractivity contribution in [3.05, 3.63) is 70.3 Å². The van der Waals surface area contributed by atoms with E-state index in [4.69, 9.17) is 13.9 Å². The Morgan fingerprint density at radius 1 is 1.15 bits per heavy atom. The molecule has 27 heavy (non-hydrogen) atoms. The summed E-state index contributed by atoms with van der Waals surface area (Å²) in [4.78, 5) is 24.4. The number of hydrogen-bond acceptors (Lipinski definition) is 5. The summed E-state index contributed by atoms with van der Waals surface area (Å²) in [7, 11) is 0. The monoisotopic (exact) mass is 371 g/mol. The van der Waals surface area contributed by atoms with Crippen LogP contribution >= 0.6 is 0 Å². The highest BCUT2D eigenvalue weighted by atomic mass is 19.1. The molecule has 1 amide bonds. The molecule has 1 aromatic heterocycles. The van der Waals surface area contributed by atoms with Crippen molar-refractivity contribution >= 4 is 16.9 Å². The van der Waals surface area contributed by atoms with Crippen molar-refractivity contribution in [1.82, 2.24) is 5.32 Å². The van der Waals surface area contributed by atoms with Gasteiger partial charge in [-0.3, -0.25) is 4.79 Å². The number of halogens is 1. The molecule has 0 radical (unpaired) electrons. The lowest BCUT2D eigenvalue weighted by Gasteiger charge is -2.09. The first-order valence-electron chi connectivity index (χ1n) is 8.44. The van der Waals surface area contributed by atoms with Crippen LogP contribution in [0.5, 0.6) is 11.5 Å². The molecule has 0 bridgehead atoms. The second kappa shape index (κ2) is 8.35. The summed E-state index contributed by atoms with van der Waals surface area (Å²) in [6.07, 6.45) is 0. The largest absolute Gasteiger partial charge is 0.492 e. The van der Waals surface area contributed by atoms with Gasteiger partial charge in [0, 0.05) is 5.39 Å². The third-order valence-electron chi connectivity index (χ3n) is 3.74. The van der Waals surface area contributed by atoms with Gasteiger partial charge in [0.15, 0.2) is 11.3 Å². The Morgan fingerprint density at radius 2 is 1.93 bits per heavy atom. The number of fused-ring (bicyclic) bond motifs is 1. The van der Waals surface area contributed by atoms with Crippen molar-refractivity contribution in [2.75, 3.05) is 19.8 Å². The van der Waals surface area contributed by atoms with Gasteiger partial charge >= 0.3 is 5.63 Å². The first-order chi connectivity index (χ1) is 13.1. The van der Waals surface area contributed by atoms with E-state index in [2.05, 4.69) is 5.32 Å². The highest BCUT2D eigenvalue weighted by molar-refractivity contribution is 5.97. The topological polar surface area (TPSA) is 77.8 Å². The zero-order valence-corrected chi connectivity index (χ0v) is 14.7. The van der Waals surface area contributed by atoms with Gasteiger partial charge in [0.2, 0.25) is 0 Å². The molecule has 0 spiro atoms. The molecule has 1 N–H and O–H groups in total. The van der Waals surface area contributed by atoms with Crippen LogP contribution in [0.2, 0.25) is 0 Å². The normalized spacial score (nSPS) is 10.6. The van der Waals surface area contributed by atoms with E-state index in [-0.39, 0.29) is 24.5 Å². The fourth-order valence-electron chi connectivity index (χ4n) is 2.50. The maximum Gasteiger partial charge on any atom is 0.349 e. The Hall–Kier alpha value is -3.35. The molecule has 0 unspecified atom stereocenters. The zero-order chi connectivity index (χ0) is 19.2. The molecule has 3 rings (SSSR count). The average Bonchev–Trinajstić information content (AvgIpc) is 2.67. The molecule has 0 fully saturated rings. The van der Waals surface area contributed by atoms with Gasteiger partial charge in [0.25, 0.3) is 5.91 Å². The average molecular weight is 371 g/mol. The quantitative estimate of drug-likeness (QED) is 0.510. The van der Waals surface area contributed by atoms with E-state index in [1.807, 2.05) is 6.92 Å². The summed E-state index contributed by atoms with van der Waals surface area (Å²) in [5.74, 6) is 0.0208. The van der Waals surface area contributed by atoms with E-state index in [1.54, 1.807) is 18.2 Å². The third-order valence-corrected chi connectivity index (χ3v) is 3.74. The number of carbonyl (C=O) groups excluding carboxylic acids is 1. The molecule has 0 atom stereocenters. The second-order valence-electron chi connectivity index (χ2n) is 5.61. The minimum absolute atomic E-state index is 0.0991. The number of para-hydroxylation sites is 1. The van der Waals surface area contributed by atoms with E-state index in [0.717, 1.165) is 0 Å². The first kappa shape index (κ1) is 18.4. The van der Waals surface area contributed by atoms with Crippen LogP contribution in [0.25, 0.3) is 11.0 Å². The number of benzene rings is 2. The third kappa shape index (κ3) is 4.44. The molecule has 140 valence electrons. The van der Waals surface area contributed by atoms with Crippen molar-refractivity contribution in [2.45, 2.75) is 6.92 Å². The number of ether oxygens (including phenoxy) is 2. The number of nitrogens with one attached hydrogen (secondary N) is 1. The lowest BCUT2D eigenvalue weighted by molar-refractivity contribution is 0.0943. The van der Waals surface area contributed by atoms with Crippen molar-refractivity contribution in [3.63, 3.8) is 0 Å². The van der Waals surface area contributed by atoms with E-state index in [1.165, 1.54) is 30.3 Å². The van der Waals surface area contributed by atoms with Crippen LogP contribution in [-0.2, 0) is 0 Å². The summed E-state index contributed by atoms with van der Waals surface area (Å²) in [6.45, 7) is 2.60. The van der Waals surface area contributed by atoms with Gasteiger partial charge in [-0.25, -0.2) is 9.18 Å². The smallest absolute Gasteiger partial charge is 0.349 e. The van der Waals surface area contributed by atoms with Crippen molar-refractivity contribution in [1.29, 1.82) is 0 Å². The van der Waals surface area contributed by atoms with E-state index in [0.29, 0.717) is 29.1 Å². The predicted octanol–water partition coefficient (Wildman–Crippen LogP) is 3.14.